The molecular weight excluding hydrogens is 327 g/mol. The number of ether oxygens (including phenoxy) is 1. The highest BCUT2D eigenvalue weighted by molar-refractivity contribution is 5.89. The van der Waals surface area contributed by atoms with Gasteiger partial charge in [-0.1, -0.05) is 13.8 Å². The molecule has 0 unspecified atom stereocenters. The number of alkyl halides is 3. The molecule has 1 aromatic heterocycles. The van der Waals surface area contributed by atoms with Gasteiger partial charge in [0.15, 0.2) is 0 Å². The molecule has 0 spiro atoms. The number of halogens is 3. The Bertz CT molecular complexity index is 699. The van der Waals surface area contributed by atoms with Gasteiger partial charge in [-0.2, -0.15) is 13.2 Å². The molecule has 134 valence electrons. The molecular formula is C15H20F3N3O3. The average Bonchev–Trinajstić information content (AvgIpc) is 2.47. The summed E-state index contributed by atoms with van der Waals surface area (Å²) >= 11 is 0. The van der Waals surface area contributed by atoms with Gasteiger partial charge in [0.25, 0.3) is 5.56 Å². The zero-order valence-corrected chi connectivity index (χ0v) is 13.8. The maximum Gasteiger partial charge on any atom is 0.417 e. The maximum absolute atomic E-state index is 12.7. The minimum absolute atomic E-state index is 0.229. The zero-order valence-electron chi connectivity index (χ0n) is 13.8. The number of methoxy groups -OCH3 is 1. The third kappa shape index (κ3) is 3.12. The van der Waals surface area contributed by atoms with Gasteiger partial charge in [-0.05, 0) is 19.4 Å². The second kappa shape index (κ2) is 5.80. The molecule has 0 saturated heterocycles. The van der Waals surface area contributed by atoms with E-state index in [1.54, 1.807) is 7.11 Å². The molecule has 2 amide bonds. The Morgan fingerprint density at radius 3 is 2.50 bits per heavy atom. The first-order chi connectivity index (χ1) is 10.9. The van der Waals surface area contributed by atoms with Crippen molar-refractivity contribution in [1.29, 1.82) is 0 Å². The van der Waals surface area contributed by atoms with E-state index >= 15 is 0 Å². The Hall–Kier alpha value is -2.03. The van der Waals surface area contributed by atoms with Crippen molar-refractivity contribution in [2.45, 2.75) is 45.0 Å². The van der Waals surface area contributed by atoms with Gasteiger partial charge < -0.3 is 20.4 Å². The molecule has 0 aliphatic heterocycles. The van der Waals surface area contributed by atoms with Crippen LogP contribution in [-0.4, -0.2) is 29.8 Å². The smallest absolute Gasteiger partial charge is 0.378 e. The molecule has 24 heavy (non-hydrogen) atoms. The Kier molecular flexibility index (Phi) is 4.43. The molecule has 3 N–H and O–H groups in total. The lowest BCUT2D eigenvalue weighted by Crippen LogP contribution is -2.69. The summed E-state index contributed by atoms with van der Waals surface area (Å²) < 4.78 is 43.5. The topological polar surface area (TPSA) is 83.2 Å². The number of amides is 2. The highest BCUT2D eigenvalue weighted by atomic mass is 19.4. The van der Waals surface area contributed by atoms with Gasteiger partial charge in [0.05, 0.1) is 11.2 Å². The fourth-order valence-corrected chi connectivity index (χ4v) is 2.78. The Morgan fingerprint density at radius 1 is 1.38 bits per heavy atom. The Balaban J connectivity index is 2.08. The lowest BCUT2D eigenvalue weighted by Gasteiger charge is -2.59. The van der Waals surface area contributed by atoms with E-state index in [0.717, 1.165) is 0 Å². The molecule has 1 aromatic rings. The molecule has 0 radical (unpaired) electrons. The molecule has 1 aliphatic carbocycles. The van der Waals surface area contributed by atoms with Crippen LogP contribution in [0.3, 0.4) is 0 Å². The number of nitrogens with one attached hydrogen (secondary N) is 3. The predicted molar refractivity (Wildman–Crippen MR) is 81.8 cm³/mol. The lowest BCUT2D eigenvalue weighted by atomic mass is 9.56. The van der Waals surface area contributed by atoms with Crippen molar-refractivity contribution >= 4 is 11.7 Å². The van der Waals surface area contributed by atoms with Gasteiger partial charge in [0.2, 0.25) is 0 Å². The third-order valence-corrected chi connectivity index (χ3v) is 5.06. The van der Waals surface area contributed by atoms with E-state index in [9.17, 15) is 22.8 Å². The largest absolute Gasteiger partial charge is 0.417 e. The SMILES string of the molecule is CO[C@]1(C)C[C@@H](NC(=O)Nc2cc(C(F)(F)F)c[nH]c2=O)C1(C)C. The summed E-state index contributed by atoms with van der Waals surface area (Å²) in [7, 11) is 1.58. The summed E-state index contributed by atoms with van der Waals surface area (Å²) in [6.45, 7) is 5.75. The van der Waals surface area contributed by atoms with E-state index in [2.05, 4.69) is 10.6 Å². The van der Waals surface area contributed by atoms with E-state index in [1.165, 1.54) is 0 Å². The summed E-state index contributed by atoms with van der Waals surface area (Å²) in [5, 5.41) is 4.84. The monoisotopic (exact) mass is 347 g/mol. The average molecular weight is 347 g/mol. The molecule has 6 nitrogen and oxygen atoms in total. The van der Waals surface area contributed by atoms with Gasteiger partial charge in [-0.25, -0.2) is 4.79 Å². The van der Waals surface area contributed by atoms with Crippen LogP contribution in [0, 0.1) is 5.41 Å². The van der Waals surface area contributed by atoms with Crippen LogP contribution < -0.4 is 16.2 Å². The van der Waals surface area contributed by atoms with Crippen molar-refractivity contribution < 1.29 is 22.7 Å². The van der Waals surface area contributed by atoms with Crippen molar-refractivity contribution in [1.82, 2.24) is 10.3 Å². The Labute approximate surface area is 136 Å². The number of anilines is 1. The van der Waals surface area contributed by atoms with Gasteiger partial charge in [-0.15, -0.1) is 0 Å². The number of H-pyrrole nitrogens is 1. The van der Waals surface area contributed by atoms with Crippen molar-refractivity contribution in [2.24, 2.45) is 5.41 Å². The first-order valence-electron chi connectivity index (χ1n) is 7.33. The molecule has 1 heterocycles. The number of carbonyl (C=O) groups excluding carboxylic acids is 1. The number of carbonyl (C=O) groups is 1. The van der Waals surface area contributed by atoms with Crippen molar-refractivity contribution in [3.05, 3.63) is 28.2 Å². The minimum Gasteiger partial charge on any atom is -0.378 e. The number of pyridine rings is 1. The first-order valence-corrected chi connectivity index (χ1v) is 7.33. The van der Waals surface area contributed by atoms with Crippen LogP contribution in [0.5, 0.6) is 0 Å². The van der Waals surface area contributed by atoms with Crippen LogP contribution in [0.2, 0.25) is 0 Å². The molecule has 0 bridgehead atoms. The lowest BCUT2D eigenvalue weighted by molar-refractivity contribution is -0.177. The number of rotatable bonds is 3. The predicted octanol–water partition coefficient (Wildman–Crippen LogP) is 2.72. The number of hydrogen-bond acceptors (Lipinski definition) is 3. The molecule has 0 aromatic carbocycles. The summed E-state index contributed by atoms with van der Waals surface area (Å²) in [5.41, 5.74) is -3.09. The number of urea groups is 1. The third-order valence-electron chi connectivity index (χ3n) is 5.06. The van der Waals surface area contributed by atoms with Crippen molar-refractivity contribution in [2.75, 3.05) is 12.4 Å². The van der Waals surface area contributed by atoms with Gasteiger partial charge in [-0.3, -0.25) is 4.79 Å². The zero-order chi connectivity index (χ0) is 18.3. The molecule has 1 saturated carbocycles. The maximum atomic E-state index is 12.7. The van der Waals surface area contributed by atoms with Crippen LogP contribution in [0.4, 0.5) is 23.7 Å². The van der Waals surface area contributed by atoms with E-state index in [1.807, 2.05) is 25.8 Å². The molecule has 9 heteroatoms. The first kappa shape index (κ1) is 18.3. The van der Waals surface area contributed by atoms with Crippen molar-refractivity contribution in [3.63, 3.8) is 0 Å². The fourth-order valence-electron chi connectivity index (χ4n) is 2.78. The highest BCUT2D eigenvalue weighted by Gasteiger charge is 2.58. The second-order valence-electron chi connectivity index (χ2n) is 6.64. The van der Waals surface area contributed by atoms with Crippen molar-refractivity contribution in [3.8, 4) is 0 Å². The fraction of sp³-hybridized carbons (Fsp3) is 0.600. The quantitative estimate of drug-likeness (QED) is 0.786. The summed E-state index contributed by atoms with van der Waals surface area (Å²) in [6, 6.07) is -0.368. The second-order valence-corrected chi connectivity index (χ2v) is 6.64. The van der Waals surface area contributed by atoms with Crippen LogP contribution in [0.25, 0.3) is 0 Å². The summed E-state index contributed by atoms with van der Waals surface area (Å²) in [4.78, 5) is 25.6. The van der Waals surface area contributed by atoms with Crippen LogP contribution in [0.1, 0.15) is 32.8 Å². The standard InChI is InChI=1S/C15H20F3N3O3/c1-13(2)10(6-14(13,3)24-4)21-12(23)20-9-5-8(15(16,17)18)7-19-11(9)22/h5,7,10H,6H2,1-4H3,(H,19,22)(H2,20,21,23)/t10-,14-/m1/s1. The number of hydrogen-bond donors (Lipinski definition) is 3. The molecule has 2 atom stereocenters. The van der Waals surface area contributed by atoms with Crippen LogP contribution in [-0.2, 0) is 10.9 Å². The van der Waals surface area contributed by atoms with E-state index < -0.39 is 34.6 Å². The van der Waals surface area contributed by atoms with E-state index in [-0.39, 0.29) is 11.5 Å². The number of aromatic amines is 1. The Morgan fingerprint density at radius 2 is 2.00 bits per heavy atom. The highest BCUT2D eigenvalue weighted by Crippen LogP contribution is 2.51. The van der Waals surface area contributed by atoms with Gasteiger partial charge in [0.1, 0.15) is 5.69 Å². The van der Waals surface area contributed by atoms with Crippen LogP contribution in [0.15, 0.2) is 17.1 Å². The van der Waals surface area contributed by atoms with Crippen LogP contribution >= 0.6 is 0 Å². The normalized spacial score (nSPS) is 25.7. The van der Waals surface area contributed by atoms with E-state index in [4.69, 9.17) is 4.74 Å². The summed E-state index contributed by atoms with van der Waals surface area (Å²) in [5.74, 6) is 0. The number of aromatic nitrogens is 1. The summed E-state index contributed by atoms with van der Waals surface area (Å²) in [6.07, 6.45) is -3.50. The molecule has 1 fully saturated rings. The molecule has 2 rings (SSSR count). The minimum atomic E-state index is -4.62. The van der Waals surface area contributed by atoms with Gasteiger partial charge >= 0.3 is 12.2 Å². The van der Waals surface area contributed by atoms with Gasteiger partial charge in [0, 0.05) is 24.8 Å². The molecule has 1 aliphatic rings. The van der Waals surface area contributed by atoms with E-state index in [0.29, 0.717) is 18.7 Å².